The molecule has 1 rings (SSSR count). The van der Waals surface area contributed by atoms with Crippen molar-refractivity contribution in [3.8, 4) is 0 Å². The maximum Gasteiger partial charge on any atom is 2.00 e. The fourth-order valence-corrected chi connectivity index (χ4v) is 2.74. The molecular weight excluding hydrogens is 326 g/mol. The average molecular weight is 366 g/mol. The quantitative estimate of drug-likeness (QED) is 0.231. The van der Waals surface area contributed by atoms with E-state index in [0.29, 0.717) is 0 Å². The van der Waals surface area contributed by atoms with Crippen LogP contribution in [-0.2, 0) is 0 Å². The van der Waals surface area contributed by atoms with E-state index in [4.69, 9.17) is 0 Å². The van der Waals surface area contributed by atoms with Gasteiger partial charge in [0, 0.05) is 0 Å². The van der Waals surface area contributed by atoms with Gasteiger partial charge in [-0.2, -0.15) is 23.6 Å². The van der Waals surface area contributed by atoms with E-state index in [2.05, 4.69) is 44.2 Å². The Morgan fingerprint density at radius 2 is 1.17 bits per heavy atom. The maximum atomic E-state index is 2.29. The zero-order valence-corrected chi connectivity index (χ0v) is 18.7. The zero-order valence-electron chi connectivity index (χ0n) is 16.5. The Labute approximate surface area is 174 Å². The van der Waals surface area contributed by atoms with Gasteiger partial charge in [0.05, 0.1) is 0 Å². The molecule has 0 aromatic heterocycles. The van der Waals surface area contributed by atoms with E-state index in [0.717, 1.165) is 0 Å². The molecule has 0 saturated heterocycles. The van der Waals surface area contributed by atoms with Crippen molar-refractivity contribution in [3.05, 3.63) is 49.2 Å². The number of rotatable bonds is 12. The van der Waals surface area contributed by atoms with Crippen LogP contribution in [0.5, 0.6) is 0 Å². The van der Waals surface area contributed by atoms with Crippen LogP contribution >= 0.6 is 12.4 Å². The first-order valence-electron chi connectivity index (χ1n) is 8.72. The molecular formula is C21H40ClMgN. The van der Waals surface area contributed by atoms with Gasteiger partial charge in [0.15, 0.2) is 0 Å². The number of hydrogen-bond donors (Lipinski definition) is 1. The molecule has 0 spiro atoms. The number of benzene rings is 1. The van der Waals surface area contributed by atoms with Crippen LogP contribution in [0.2, 0.25) is 0 Å². The predicted molar refractivity (Wildman–Crippen MR) is 115 cm³/mol. The molecule has 0 heterocycles. The summed E-state index contributed by atoms with van der Waals surface area (Å²) in [7, 11) is 0. The van der Waals surface area contributed by atoms with E-state index >= 15 is 0 Å². The minimum Gasteiger partial charge on any atom is -0.358 e. The number of unbranched alkanes of at least 4 members (excludes halogenated alkanes) is 9. The summed E-state index contributed by atoms with van der Waals surface area (Å²) in [5.74, 6) is 1.55. The van der Waals surface area contributed by atoms with Crippen LogP contribution in [0.3, 0.4) is 0 Å². The first-order valence-corrected chi connectivity index (χ1v) is 8.72. The summed E-state index contributed by atoms with van der Waals surface area (Å²) in [5, 5.41) is 0. The van der Waals surface area contributed by atoms with Gasteiger partial charge in [0.1, 0.15) is 0 Å². The molecule has 3 heteroatoms. The molecule has 0 saturated carbocycles. The van der Waals surface area contributed by atoms with Crippen LogP contribution in [0, 0.1) is 13.3 Å². The van der Waals surface area contributed by atoms with E-state index in [1.165, 1.54) is 76.2 Å². The summed E-state index contributed by atoms with van der Waals surface area (Å²) in [6.45, 7) is 4.57. The molecule has 138 valence electrons. The average Bonchev–Trinajstić information content (AvgIpc) is 2.50. The molecule has 0 amide bonds. The third kappa shape index (κ3) is 16.9. The van der Waals surface area contributed by atoms with Crippen molar-refractivity contribution < 1.29 is 0 Å². The molecule has 3 N–H and O–H groups in total. The number of halogens is 1. The molecule has 0 aliphatic rings. The fourth-order valence-electron chi connectivity index (χ4n) is 2.74. The maximum absolute atomic E-state index is 2.29. The Balaban J connectivity index is -0.000000500. The summed E-state index contributed by atoms with van der Waals surface area (Å²) >= 11 is 0. The van der Waals surface area contributed by atoms with Gasteiger partial charge in [-0.1, -0.05) is 90.5 Å². The minimum absolute atomic E-state index is 0. The van der Waals surface area contributed by atoms with Crippen molar-refractivity contribution in [2.24, 2.45) is 0 Å². The zero-order chi connectivity index (χ0) is 14.5. The van der Waals surface area contributed by atoms with Gasteiger partial charge in [0.2, 0.25) is 0 Å². The third-order valence-electron chi connectivity index (χ3n) is 4.17. The molecule has 0 fully saturated rings. The predicted octanol–water partition coefficient (Wildman–Crippen LogP) is 7.59. The largest absolute Gasteiger partial charge is 2.00 e. The van der Waals surface area contributed by atoms with Crippen LogP contribution in [0.4, 0.5) is 0 Å². The normalized spacial score (nSPS) is 8.92. The van der Waals surface area contributed by atoms with Gasteiger partial charge in [-0.05, 0) is 0 Å². The Kier molecular flexibility index (Phi) is 30.7. The van der Waals surface area contributed by atoms with E-state index in [1.54, 1.807) is 5.92 Å². The minimum atomic E-state index is 0. The molecule has 0 unspecified atom stereocenters. The monoisotopic (exact) mass is 365 g/mol. The summed E-state index contributed by atoms with van der Waals surface area (Å²) in [6.07, 6.45) is 15.5. The van der Waals surface area contributed by atoms with Crippen LogP contribution in [-0.4, -0.2) is 23.1 Å². The van der Waals surface area contributed by atoms with Crippen molar-refractivity contribution in [1.29, 1.82) is 0 Å². The van der Waals surface area contributed by atoms with Crippen molar-refractivity contribution in [2.75, 3.05) is 0 Å². The van der Waals surface area contributed by atoms with Gasteiger partial charge in [0.25, 0.3) is 0 Å². The first kappa shape index (κ1) is 31.8. The van der Waals surface area contributed by atoms with Crippen LogP contribution in [0.25, 0.3) is 0 Å². The van der Waals surface area contributed by atoms with E-state index in [-0.39, 0.29) is 49.0 Å². The van der Waals surface area contributed by atoms with Crippen LogP contribution in [0.15, 0.2) is 30.3 Å². The topological polar surface area (TPSA) is 35.0 Å². The van der Waals surface area contributed by atoms with E-state index in [9.17, 15) is 0 Å². The third-order valence-corrected chi connectivity index (χ3v) is 4.17. The Bertz CT molecular complexity index is 319. The fraction of sp³-hybridized carbons (Fsp3) is 0.619. The molecule has 1 aromatic carbocycles. The van der Waals surface area contributed by atoms with Gasteiger partial charge in [-0.25, -0.2) is 0 Å². The summed E-state index contributed by atoms with van der Waals surface area (Å²) in [5.41, 5.74) is 1.42. The van der Waals surface area contributed by atoms with Gasteiger partial charge < -0.3 is 13.6 Å². The Morgan fingerprint density at radius 1 is 0.750 bits per heavy atom. The van der Waals surface area contributed by atoms with Gasteiger partial charge >= 0.3 is 23.1 Å². The van der Waals surface area contributed by atoms with E-state index < -0.39 is 0 Å². The van der Waals surface area contributed by atoms with Crippen molar-refractivity contribution in [1.82, 2.24) is 6.15 Å². The smallest absolute Gasteiger partial charge is 0.358 e. The molecule has 1 aromatic rings. The van der Waals surface area contributed by atoms with Crippen LogP contribution in [0.1, 0.15) is 90.0 Å². The SMILES string of the molecule is CCCCCCCCCCCC[C-](C)c1ccccc1.Cl.N.[CH3-].[Mg+2]. The molecule has 1 nitrogen and oxygen atoms in total. The van der Waals surface area contributed by atoms with Gasteiger partial charge in [-0.3, -0.25) is 0 Å². The Hall–Kier alpha value is 0.106. The second-order valence-electron chi connectivity index (χ2n) is 6.08. The molecule has 0 atom stereocenters. The Morgan fingerprint density at radius 3 is 1.62 bits per heavy atom. The van der Waals surface area contributed by atoms with Crippen LogP contribution < -0.4 is 6.15 Å². The van der Waals surface area contributed by atoms with Crippen molar-refractivity contribution in [2.45, 2.75) is 84.5 Å². The standard InChI is InChI=1S/C20H33.CH3.ClH.Mg.H3N/c1-3-4-5-6-7-8-9-10-11-13-16-19(2)20-17-14-12-15-18-20;;;;/h12,14-15,17-18H,3-11,13,16H2,1-2H3;1H3;1H;;1H3/q2*-1;;+2;. The van der Waals surface area contributed by atoms with Crippen molar-refractivity contribution >= 4 is 35.5 Å². The summed E-state index contributed by atoms with van der Waals surface area (Å²) in [4.78, 5) is 0. The molecule has 0 radical (unpaired) electrons. The van der Waals surface area contributed by atoms with Crippen molar-refractivity contribution in [3.63, 3.8) is 0 Å². The molecule has 24 heavy (non-hydrogen) atoms. The second-order valence-corrected chi connectivity index (χ2v) is 6.08. The van der Waals surface area contributed by atoms with E-state index in [1.807, 2.05) is 0 Å². The second kappa shape index (κ2) is 23.1. The first-order chi connectivity index (χ1) is 9.84. The summed E-state index contributed by atoms with van der Waals surface area (Å²) < 4.78 is 0. The van der Waals surface area contributed by atoms with Gasteiger partial charge in [-0.15, -0.1) is 24.5 Å². The molecule has 0 bridgehead atoms. The molecule has 0 aliphatic carbocycles. The summed E-state index contributed by atoms with van der Waals surface area (Å²) in [6, 6.07) is 10.8. The molecule has 0 aliphatic heterocycles. The number of hydrogen-bond acceptors (Lipinski definition) is 1.